The molecule has 0 saturated heterocycles. The van der Waals surface area contributed by atoms with Crippen LogP contribution < -0.4 is 0 Å². The molecular formula is C6H9F2NO. The van der Waals surface area contributed by atoms with Crippen molar-refractivity contribution in [3.05, 3.63) is 12.7 Å². The third-order valence-electron chi connectivity index (χ3n) is 0.966. The largest absolute Gasteiger partial charge is 0.317 e. The van der Waals surface area contributed by atoms with Gasteiger partial charge < -0.3 is 0 Å². The minimum Gasteiger partial charge on any atom is -0.283 e. The standard InChI is InChI=1S/C6H9F2NO/c1-3-4-9(5(2)10)6(7)8/h3,6H,1,4H2,2H3. The van der Waals surface area contributed by atoms with E-state index >= 15 is 0 Å². The maximum Gasteiger partial charge on any atom is 0.317 e. The van der Waals surface area contributed by atoms with Gasteiger partial charge in [0.05, 0.1) is 0 Å². The van der Waals surface area contributed by atoms with Gasteiger partial charge in [0.1, 0.15) is 0 Å². The van der Waals surface area contributed by atoms with Crippen molar-refractivity contribution in [1.29, 1.82) is 0 Å². The van der Waals surface area contributed by atoms with E-state index in [2.05, 4.69) is 6.58 Å². The molecule has 0 unspecified atom stereocenters. The van der Waals surface area contributed by atoms with E-state index in [1.807, 2.05) is 0 Å². The van der Waals surface area contributed by atoms with Crippen LogP contribution in [0.4, 0.5) is 8.78 Å². The summed E-state index contributed by atoms with van der Waals surface area (Å²) in [6, 6.07) is 0. The van der Waals surface area contributed by atoms with Crippen molar-refractivity contribution < 1.29 is 13.6 Å². The third kappa shape index (κ3) is 2.57. The Morgan fingerprint density at radius 3 is 2.40 bits per heavy atom. The summed E-state index contributed by atoms with van der Waals surface area (Å²) in [7, 11) is 0. The average molecular weight is 149 g/mol. The lowest BCUT2D eigenvalue weighted by molar-refractivity contribution is -0.141. The van der Waals surface area contributed by atoms with Gasteiger partial charge in [0.25, 0.3) is 0 Å². The van der Waals surface area contributed by atoms with Gasteiger partial charge in [-0.25, -0.2) is 0 Å². The third-order valence-corrected chi connectivity index (χ3v) is 0.966. The van der Waals surface area contributed by atoms with Crippen LogP contribution in [0.1, 0.15) is 6.92 Å². The lowest BCUT2D eigenvalue weighted by Gasteiger charge is -2.16. The molecule has 0 rings (SSSR count). The highest BCUT2D eigenvalue weighted by molar-refractivity contribution is 5.73. The second-order valence-electron chi connectivity index (χ2n) is 1.74. The van der Waals surface area contributed by atoms with Crippen molar-refractivity contribution in [1.82, 2.24) is 4.90 Å². The van der Waals surface area contributed by atoms with Gasteiger partial charge in [-0.3, -0.25) is 9.69 Å². The first-order valence-corrected chi connectivity index (χ1v) is 2.76. The summed E-state index contributed by atoms with van der Waals surface area (Å²) >= 11 is 0. The topological polar surface area (TPSA) is 20.3 Å². The summed E-state index contributed by atoms with van der Waals surface area (Å²) in [6.07, 6.45) is 1.26. The number of nitrogens with zero attached hydrogens (tertiary/aromatic N) is 1. The minimum atomic E-state index is -2.73. The van der Waals surface area contributed by atoms with Crippen LogP contribution in [-0.2, 0) is 4.79 Å². The van der Waals surface area contributed by atoms with Crippen molar-refractivity contribution in [2.24, 2.45) is 0 Å². The van der Waals surface area contributed by atoms with Gasteiger partial charge in [-0.2, -0.15) is 8.78 Å². The van der Waals surface area contributed by atoms with Gasteiger partial charge in [0.2, 0.25) is 5.91 Å². The van der Waals surface area contributed by atoms with E-state index in [1.165, 1.54) is 6.08 Å². The van der Waals surface area contributed by atoms with E-state index in [4.69, 9.17) is 0 Å². The smallest absolute Gasteiger partial charge is 0.283 e. The van der Waals surface area contributed by atoms with Crippen LogP contribution in [0.3, 0.4) is 0 Å². The first kappa shape index (κ1) is 9.07. The molecule has 0 aromatic heterocycles. The Balaban J connectivity index is 3.97. The van der Waals surface area contributed by atoms with E-state index in [0.29, 0.717) is 4.90 Å². The molecule has 0 fully saturated rings. The van der Waals surface area contributed by atoms with Crippen molar-refractivity contribution in [3.8, 4) is 0 Å². The first-order valence-electron chi connectivity index (χ1n) is 2.76. The highest BCUT2D eigenvalue weighted by Crippen LogP contribution is 2.02. The van der Waals surface area contributed by atoms with E-state index in [9.17, 15) is 13.6 Å². The number of rotatable bonds is 3. The molecule has 0 radical (unpaired) electrons. The lowest BCUT2D eigenvalue weighted by atomic mass is 10.5. The summed E-state index contributed by atoms with van der Waals surface area (Å²) in [6.45, 7) is 1.50. The molecule has 0 heterocycles. The summed E-state index contributed by atoms with van der Waals surface area (Å²) in [5.41, 5.74) is 0. The maximum atomic E-state index is 11.8. The fraction of sp³-hybridized carbons (Fsp3) is 0.500. The van der Waals surface area contributed by atoms with Crippen LogP contribution in [0.15, 0.2) is 12.7 Å². The molecule has 0 aromatic rings. The molecule has 0 spiro atoms. The summed E-state index contributed by atoms with van der Waals surface area (Å²) < 4.78 is 23.6. The van der Waals surface area contributed by atoms with Gasteiger partial charge in [0.15, 0.2) is 0 Å². The lowest BCUT2D eigenvalue weighted by Crippen LogP contribution is -2.33. The molecule has 2 nitrogen and oxygen atoms in total. The maximum absolute atomic E-state index is 11.8. The molecule has 4 heteroatoms. The molecule has 0 N–H and O–H groups in total. The van der Waals surface area contributed by atoms with Crippen molar-refractivity contribution >= 4 is 5.91 Å². The molecular weight excluding hydrogens is 140 g/mol. The van der Waals surface area contributed by atoms with Crippen LogP contribution in [0.5, 0.6) is 0 Å². The van der Waals surface area contributed by atoms with Crippen LogP contribution in [0.25, 0.3) is 0 Å². The van der Waals surface area contributed by atoms with E-state index < -0.39 is 12.5 Å². The monoisotopic (exact) mass is 149 g/mol. The van der Waals surface area contributed by atoms with Crippen LogP contribution in [-0.4, -0.2) is 23.9 Å². The van der Waals surface area contributed by atoms with Crippen LogP contribution in [0, 0.1) is 0 Å². The van der Waals surface area contributed by atoms with Crippen molar-refractivity contribution in [3.63, 3.8) is 0 Å². The zero-order chi connectivity index (χ0) is 8.15. The predicted molar refractivity (Wildman–Crippen MR) is 33.6 cm³/mol. The number of alkyl halides is 2. The predicted octanol–water partition coefficient (Wildman–Crippen LogP) is 1.24. The minimum absolute atomic E-state index is 0.104. The number of hydrogen-bond donors (Lipinski definition) is 0. The summed E-state index contributed by atoms with van der Waals surface area (Å²) in [5, 5.41) is 0. The molecule has 0 saturated carbocycles. The highest BCUT2D eigenvalue weighted by Gasteiger charge is 2.16. The summed E-state index contributed by atoms with van der Waals surface area (Å²) in [4.78, 5) is 10.8. The van der Waals surface area contributed by atoms with E-state index in [-0.39, 0.29) is 6.54 Å². The Morgan fingerprint density at radius 2 is 2.30 bits per heavy atom. The Morgan fingerprint density at radius 1 is 1.80 bits per heavy atom. The van der Waals surface area contributed by atoms with Crippen molar-refractivity contribution in [2.75, 3.05) is 6.54 Å². The fourth-order valence-electron chi connectivity index (χ4n) is 0.485. The zero-order valence-corrected chi connectivity index (χ0v) is 5.68. The van der Waals surface area contributed by atoms with Gasteiger partial charge in [-0.1, -0.05) is 6.08 Å². The van der Waals surface area contributed by atoms with Crippen LogP contribution >= 0.6 is 0 Å². The Hall–Kier alpha value is -0.930. The zero-order valence-electron chi connectivity index (χ0n) is 5.68. The molecule has 0 aliphatic rings. The molecule has 0 bridgehead atoms. The van der Waals surface area contributed by atoms with Gasteiger partial charge >= 0.3 is 6.55 Å². The van der Waals surface area contributed by atoms with Gasteiger partial charge in [0, 0.05) is 13.5 Å². The molecule has 10 heavy (non-hydrogen) atoms. The van der Waals surface area contributed by atoms with Crippen molar-refractivity contribution in [2.45, 2.75) is 13.5 Å². The molecule has 0 aromatic carbocycles. The van der Waals surface area contributed by atoms with Gasteiger partial charge in [-0.05, 0) is 0 Å². The SMILES string of the molecule is C=CCN(C(C)=O)C(F)F. The first-order chi connectivity index (χ1) is 4.59. The Labute approximate surface area is 58.1 Å². The second kappa shape index (κ2) is 3.98. The number of hydrogen-bond acceptors (Lipinski definition) is 1. The average Bonchev–Trinajstić information content (AvgIpc) is 1.81. The number of carbonyl (C=O) groups excluding carboxylic acids is 1. The molecule has 0 aliphatic heterocycles. The highest BCUT2D eigenvalue weighted by atomic mass is 19.3. The summed E-state index contributed by atoms with van der Waals surface area (Å²) in [5.74, 6) is -0.644. The normalized spacial score (nSPS) is 9.60. The molecule has 1 amide bonds. The van der Waals surface area contributed by atoms with E-state index in [0.717, 1.165) is 6.92 Å². The second-order valence-corrected chi connectivity index (χ2v) is 1.74. The Kier molecular flexibility index (Phi) is 3.61. The van der Waals surface area contributed by atoms with Crippen LogP contribution in [0.2, 0.25) is 0 Å². The number of halogens is 2. The fourth-order valence-corrected chi connectivity index (χ4v) is 0.485. The number of amides is 1. The Bertz CT molecular complexity index is 136. The van der Waals surface area contributed by atoms with E-state index in [1.54, 1.807) is 0 Å². The van der Waals surface area contributed by atoms with Gasteiger partial charge in [-0.15, -0.1) is 6.58 Å². The molecule has 0 aliphatic carbocycles. The molecule has 58 valence electrons. The molecule has 0 atom stereocenters. The number of carbonyl (C=O) groups is 1. The quantitative estimate of drug-likeness (QED) is 0.436.